The van der Waals surface area contributed by atoms with Crippen molar-refractivity contribution in [3.8, 4) is 0 Å². The number of nitrogens with zero attached hydrogens (tertiary/aromatic N) is 4. The van der Waals surface area contributed by atoms with E-state index >= 15 is 0 Å². The van der Waals surface area contributed by atoms with Gasteiger partial charge in [0.15, 0.2) is 0 Å². The molecule has 118 valence electrons. The van der Waals surface area contributed by atoms with Gasteiger partial charge in [-0.15, -0.1) is 23.2 Å². The molecular formula is C16H20Cl2N4. The second kappa shape index (κ2) is 7.34. The summed E-state index contributed by atoms with van der Waals surface area (Å²) in [5, 5.41) is 0. The summed E-state index contributed by atoms with van der Waals surface area (Å²) in [6.07, 6.45) is 1.64. The fourth-order valence-corrected chi connectivity index (χ4v) is 3.29. The number of hydrogen-bond acceptors (Lipinski definition) is 4. The van der Waals surface area contributed by atoms with Gasteiger partial charge >= 0.3 is 0 Å². The van der Waals surface area contributed by atoms with Crippen LogP contribution in [0.5, 0.6) is 0 Å². The lowest BCUT2D eigenvalue weighted by Crippen LogP contribution is -2.29. The Morgan fingerprint density at radius 1 is 0.773 bits per heavy atom. The van der Waals surface area contributed by atoms with Gasteiger partial charge in [0.2, 0.25) is 0 Å². The first-order valence-corrected chi connectivity index (χ1v) is 8.74. The summed E-state index contributed by atoms with van der Waals surface area (Å²) in [5.41, 5.74) is 2.36. The molecule has 22 heavy (non-hydrogen) atoms. The highest BCUT2D eigenvalue weighted by Crippen LogP contribution is 2.25. The minimum Gasteiger partial charge on any atom is -0.328 e. The lowest BCUT2D eigenvalue weighted by atomic mass is 10.2. The summed E-state index contributed by atoms with van der Waals surface area (Å²) in [4.78, 5) is 13.6. The molecule has 0 aromatic heterocycles. The molecule has 0 aliphatic carbocycles. The summed E-state index contributed by atoms with van der Waals surface area (Å²) in [6, 6.07) is 8.62. The minimum absolute atomic E-state index is 0.611. The van der Waals surface area contributed by atoms with E-state index in [0.717, 1.165) is 50.7 Å². The van der Waals surface area contributed by atoms with Crippen LogP contribution in [0.15, 0.2) is 34.3 Å². The first-order chi connectivity index (χ1) is 10.8. The molecule has 0 bridgehead atoms. The summed E-state index contributed by atoms with van der Waals surface area (Å²) >= 11 is 11.7. The zero-order valence-electron chi connectivity index (χ0n) is 12.5. The van der Waals surface area contributed by atoms with Crippen molar-refractivity contribution in [2.45, 2.75) is 12.8 Å². The lowest BCUT2D eigenvalue weighted by Gasteiger charge is -2.23. The Hall–Kier alpha value is -1.26. The molecule has 0 unspecified atom stereocenters. The second-order valence-corrected chi connectivity index (χ2v) is 6.05. The average molecular weight is 339 g/mol. The molecule has 0 saturated carbocycles. The van der Waals surface area contributed by atoms with Crippen molar-refractivity contribution < 1.29 is 0 Å². The zero-order chi connectivity index (χ0) is 15.4. The highest BCUT2D eigenvalue weighted by molar-refractivity contribution is 6.20. The highest BCUT2D eigenvalue weighted by atomic mass is 35.5. The number of benzene rings is 1. The van der Waals surface area contributed by atoms with Crippen LogP contribution in [0, 0.1) is 0 Å². The third-order valence-electron chi connectivity index (χ3n) is 3.97. The average Bonchev–Trinajstić information content (AvgIpc) is 3.18. The highest BCUT2D eigenvalue weighted by Gasteiger charge is 2.20. The predicted octanol–water partition coefficient (Wildman–Crippen LogP) is 3.38. The van der Waals surface area contributed by atoms with Crippen molar-refractivity contribution in [1.29, 1.82) is 0 Å². The van der Waals surface area contributed by atoms with E-state index in [1.165, 1.54) is 11.4 Å². The largest absolute Gasteiger partial charge is 0.328 e. The van der Waals surface area contributed by atoms with Gasteiger partial charge in [0.25, 0.3) is 0 Å². The predicted molar refractivity (Wildman–Crippen MR) is 96.4 cm³/mol. The summed E-state index contributed by atoms with van der Waals surface area (Å²) in [5.74, 6) is 3.40. The van der Waals surface area contributed by atoms with Crippen LogP contribution in [0.3, 0.4) is 0 Å². The smallest absolute Gasteiger partial charge is 0.105 e. The summed E-state index contributed by atoms with van der Waals surface area (Å²) in [7, 11) is 0. The molecule has 4 nitrogen and oxygen atoms in total. The van der Waals surface area contributed by atoms with Crippen LogP contribution >= 0.6 is 23.2 Å². The summed E-state index contributed by atoms with van der Waals surface area (Å²) < 4.78 is 0. The zero-order valence-corrected chi connectivity index (χ0v) is 14.0. The topological polar surface area (TPSA) is 31.2 Å². The standard InChI is InChI=1S/C16H20Cl2N4/c17-7-5-15-19-9-11-21(15)13-1-2-14(4-3-13)22-12-10-20-16(22)6-8-18/h1-4H,5-12H2. The van der Waals surface area contributed by atoms with Gasteiger partial charge in [-0.1, -0.05) is 0 Å². The van der Waals surface area contributed by atoms with Gasteiger partial charge in [0.05, 0.1) is 13.1 Å². The number of aliphatic imine (C=N–C) groups is 2. The first kappa shape index (κ1) is 15.6. The number of amidine groups is 2. The number of alkyl halides is 2. The summed E-state index contributed by atoms with van der Waals surface area (Å²) in [6.45, 7) is 3.59. The number of hydrogen-bond donors (Lipinski definition) is 0. The van der Waals surface area contributed by atoms with Crippen molar-refractivity contribution in [3.05, 3.63) is 24.3 Å². The van der Waals surface area contributed by atoms with Gasteiger partial charge in [-0.3, -0.25) is 9.98 Å². The van der Waals surface area contributed by atoms with Gasteiger partial charge in [-0.05, 0) is 24.3 Å². The molecule has 6 heteroatoms. The Bertz CT molecular complexity index is 517. The van der Waals surface area contributed by atoms with E-state index in [4.69, 9.17) is 23.2 Å². The van der Waals surface area contributed by atoms with E-state index in [1.807, 2.05) is 0 Å². The van der Waals surface area contributed by atoms with Crippen molar-refractivity contribution >= 4 is 46.2 Å². The van der Waals surface area contributed by atoms with E-state index in [9.17, 15) is 0 Å². The van der Waals surface area contributed by atoms with E-state index in [1.54, 1.807) is 0 Å². The molecule has 0 spiro atoms. The Labute approximate surface area is 141 Å². The van der Waals surface area contributed by atoms with Crippen LogP contribution < -0.4 is 9.80 Å². The lowest BCUT2D eigenvalue weighted by molar-refractivity contribution is 1.01. The molecule has 0 atom stereocenters. The van der Waals surface area contributed by atoms with E-state index in [0.29, 0.717) is 11.8 Å². The SMILES string of the molecule is ClCCC1=NCCN1c1ccc(N2CCN=C2CCCl)cc1. The molecule has 2 heterocycles. The molecule has 1 aromatic carbocycles. The van der Waals surface area contributed by atoms with Gasteiger partial charge in [-0.2, -0.15) is 0 Å². The Balaban J connectivity index is 1.73. The molecule has 0 radical (unpaired) electrons. The van der Waals surface area contributed by atoms with Crippen LogP contribution in [-0.4, -0.2) is 49.6 Å². The maximum absolute atomic E-state index is 5.85. The second-order valence-electron chi connectivity index (χ2n) is 5.29. The van der Waals surface area contributed by atoms with Crippen LogP contribution in [0.1, 0.15) is 12.8 Å². The molecule has 3 rings (SSSR count). The Morgan fingerprint density at radius 3 is 1.55 bits per heavy atom. The van der Waals surface area contributed by atoms with E-state index in [2.05, 4.69) is 44.1 Å². The number of rotatable bonds is 6. The molecule has 0 saturated heterocycles. The third kappa shape index (κ3) is 3.23. The van der Waals surface area contributed by atoms with Gasteiger partial charge in [0.1, 0.15) is 11.7 Å². The van der Waals surface area contributed by atoms with Gasteiger partial charge < -0.3 is 9.80 Å². The Morgan fingerprint density at radius 2 is 1.18 bits per heavy atom. The fraction of sp³-hybridized carbons (Fsp3) is 0.500. The van der Waals surface area contributed by atoms with E-state index in [-0.39, 0.29) is 0 Å². The van der Waals surface area contributed by atoms with Crippen LogP contribution in [0.25, 0.3) is 0 Å². The molecule has 1 aromatic rings. The molecule has 0 fully saturated rings. The van der Waals surface area contributed by atoms with Crippen molar-refractivity contribution in [3.63, 3.8) is 0 Å². The quantitative estimate of drug-likeness (QED) is 0.744. The van der Waals surface area contributed by atoms with Crippen LogP contribution in [0.4, 0.5) is 11.4 Å². The fourth-order valence-electron chi connectivity index (χ4n) is 2.95. The van der Waals surface area contributed by atoms with Crippen molar-refractivity contribution in [2.24, 2.45) is 9.98 Å². The number of halogens is 2. The molecule has 0 amide bonds. The maximum atomic E-state index is 5.85. The first-order valence-electron chi connectivity index (χ1n) is 7.67. The van der Waals surface area contributed by atoms with Crippen LogP contribution in [-0.2, 0) is 0 Å². The van der Waals surface area contributed by atoms with Gasteiger partial charge in [-0.25, -0.2) is 0 Å². The van der Waals surface area contributed by atoms with E-state index < -0.39 is 0 Å². The molecule has 0 N–H and O–H groups in total. The maximum Gasteiger partial charge on any atom is 0.105 e. The molecule has 2 aliphatic rings. The third-order valence-corrected chi connectivity index (χ3v) is 4.35. The number of anilines is 2. The molecular weight excluding hydrogens is 319 g/mol. The monoisotopic (exact) mass is 338 g/mol. The normalized spacial score (nSPS) is 17.9. The Kier molecular flexibility index (Phi) is 5.21. The van der Waals surface area contributed by atoms with Crippen LogP contribution in [0.2, 0.25) is 0 Å². The van der Waals surface area contributed by atoms with Crippen molar-refractivity contribution in [1.82, 2.24) is 0 Å². The van der Waals surface area contributed by atoms with Gasteiger partial charge in [0, 0.05) is 49.1 Å². The van der Waals surface area contributed by atoms with Crippen molar-refractivity contribution in [2.75, 3.05) is 47.7 Å². The minimum atomic E-state index is 0.611. The molecule has 2 aliphatic heterocycles.